The highest BCUT2D eigenvalue weighted by atomic mass is 35.5. The van der Waals surface area contributed by atoms with Gasteiger partial charge in [-0.2, -0.15) is 4.98 Å². The zero-order valence-electron chi connectivity index (χ0n) is 9.05. The lowest BCUT2D eigenvalue weighted by atomic mass is 10.3. The lowest BCUT2D eigenvalue weighted by Crippen LogP contribution is -1.92. The Morgan fingerprint density at radius 2 is 2.22 bits per heavy atom. The van der Waals surface area contributed by atoms with Crippen molar-refractivity contribution < 1.29 is 19.3 Å². The maximum Gasteiger partial charge on any atom is 0.280 e. The fourth-order valence-electron chi connectivity index (χ4n) is 1.50. The number of fused-ring (bicyclic) bond motifs is 1. The van der Waals surface area contributed by atoms with Crippen molar-refractivity contribution in [2.24, 2.45) is 0 Å². The van der Waals surface area contributed by atoms with Crippen LogP contribution in [0.4, 0.5) is 0 Å². The highest BCUT2D eigenvalue weighted by molar-refractivity contribution is 7.13. The summed E-state index contributed by atoms with van der Waals surface area (Å²) < 4.78 is 16.0. The number of aliphatic hydroxyl groups is 1. The summed E-state index contributed by atoms with van der Waals surface area (Å²) in [7, 11) is 0. The highest BCUT2D eigenvalue weighted by Gasteiger charge is 2.15. The summed E-state index contributed by atoms with van der Waals surface area (Å²) in [6.45, 7) is 0.0670. The molecule has 1 aromatic heterocycles. The van der Waals surface area contributed by atoms with Gasteiger partial charge in [0.05, 0.1) is 11.5 Å². The number of rotatable bonds is 3. The van der Waals surface area contributed by atoms with Crippen LogP contribution in [0.15, 0.2) is 18.2 Å². The van der Waals surface area contributed by atoms with E-state index in [1.54, 1.807) is 18.2 Å². The van der Waals surface area contributed by atoms with Crippen LogP contribution in [0.3, 0.4) is 0 Å². The van der Waals surface area contributed by atoms with Gasteiger partial charge in [-0.05, 0) is 12.1 Å². The summed E-state index contributed by atoms with van der Waals surface area (Å²) in [6, 6.07) is 5.23. The van der Waals surface area contributed by atoms with Crippen molar-refractivity contribution >= 4 is 22.9 Å². The predicted octanol–water partition coefficient (Wildman–Crippen LogP) is 2.81. The molecule has 0 saturated heterocycles. The molecule has 7 heteroatoms. The fraction of sp³-hybridized carbons (Fsp3) is 0.182. The Bertz CT molecular complexity index is 586. The number of aromatic nitrogens is 1. The number of aliphatic hydroxyl groups excluding tert-OH is 1. The average molecular weight is 286 g/mol. The van der Waals surface area contributed by atoms with Gasteiger partial charge in [0.2, 0.25) is 6.79 Å². The van der Waals surface area contributed by atoms with Crippen LogP contribution in [0.2, 0.25) is 5.15 Å². The molecule has 0 radical (unpaired) electrons. The summed E-state index contributed by atoms with van der Waals surface area (Å²) in [5.41, 5.74) is 0. The molecule has 94 valence electrons. The zero-order valence-corrected chi connectivity index (χ0v) is 10.6. The van der Waals surface area contributed by atoms with Crippen molar-refractivity contribution in [3.8, 4) is 22.4 Å². The van der Waals surface area contributed by atoms with Crippen LogP contribution in [0.1, 0.15) is 4.88 Å². The smallest absolute Gasteiger partial charge is 0.280 e. The van der Waals surface area contributed by atoms with Crippen LogP contribution >= 0.6 is 22.9 Å². The first-order valence-corrected chi connectivity index (χ1v) is 6.29. The van der Waals surface area contributed by atoms with E-state index >= 15 is 0 Å². The van der Waals surface area contributed by atoms with E-state index in [0.717, 1.165) is 0 Å². The molecule has 0 bridgehead atoms. The topological polar surface area (TPSA) is 60.8 Å². The lowest BCUT2D eigenvalue weighted by Gasteiger charge is -2.02. The van der Waals surface area contributed by atoms with Gasteiger partial charge in [-0.1, -0.05) is 22.9 Å². The van der Waals surface area contributed by atoms with Crippen molar-refractivity contribution in [2.75, 3.05) is 6.79 Å². The maximum atomic E-state index is 9.02. The molecule has 2 aromatic rings. The van der Waals surface area contributed by atoms with Crippen molar-refractivity contribution in [3.05, 3.63) is 28.2 Å². The van der Waals surface area contributed by atoms with Crippen molar-refractivity contribution in [2.45, 2.75) is 6.61 Å². The Balaban J connectivity index is 1.83. The van der Waals surface area contributed by atoms with E-state index < -0.39 is 0 Å². The Labute approximate surface area is 112 Å². The predicted molar refractivity (Wildman–Crippen MR) is 65.7 cm³/mol. The molecular weight excluding hydrogens is 278 g/mol. The molecule has 1 aliphatic rings. The van der Waals surface area contributed by atoms with Gasteiger partial charge in [-0.25, -0.2) is 0 Å². The van der Waals surface area contributed by atoms with E-state index in [0.29, 0.717) is 27.3 Å². The van der Waals surface area contributed by atoms with Crippen LogP contribution in [-0.4, -0.2) is 16.9 Å². The highest BCUT2D eigenvalue weighted by Crippen LogP contribution is 2.38. The summed E-state index contributed by atoms with van der Waals surface area (Å²) in [4.78, 5) is 4.58. The third-order valence-corrected chi connectivity index (χ3v) is 3.67. The van der Waals surface area contributed by atoms with Gasteiger partial charge in [-0.15, -0.1) is 0 Å². The van der Waals surface area contributed by atoms with Crippen molar-refractivity contribution in [1.82, 2.24) is 4.98 Å². The largest absolute Gasteiger partial charge is 0.454 e. The standard InChI is InChI=1S/C11H8ClNO4S/c12-10-9(4-14)18-11(13-10)17-6-1-2-7-8(3-6)16-5-15-7/h1-3,14H,4-5H2. The third-order valence-electron chi connectivity index (χ3n) is 2.32. The normalized spacial score (nSPS) is 12.8. The average Bonchev–Trinajstić information content (AvgIpc) is 2.95. The molecule has 0 saturated carbocycles. The molecule has 0 unspecified atom stereocenters. The van der Waals surface area contributed by atoms with Gasteiger partial charge in [0.1, 0.15) is 10.9 Å². The van der Waals surface area contributed by atoms with Gasteiger partial charge in [0, 0.05) is 6.07 Å². The molecule has 3 rings (SSSR count). The molecular formula is C11H8ClNO4S. The first kappa shape index (κ1) is 11.6. The van der Waals surface area contributed by atoms with E-state index in [1.165, 1.54) is 11.3 Å². The molecule has 0 spiro atoms. The molecule has 0 aliphatic carbocycles. The van der Waals surface area contributed by atoms with Gasteiger partial charge in [0.15, 0.2) is 11.5 Å². The number of benzene rings is 1. The van der Waals surface area contributed by atoms with E-state index in [4.69, 9.17) is 30.9 Å². The minimum Gasteiger partial charge on any atom is -0.454 e. The SMILES string of the molecule is OCc1sc(Oc2ccc3c(c2)OCO3)nc1Cl. The Kier molecular flexibility index (Phi) is 2.99. The quantitative estimate of drug-likeness (QED) is 0.939. The first-order chi connectivity index (χ1) is 8.76. The second kappa shape index (κ2) is 4.64. The lowest BCUT2D eigenvalue weighted by molar-refractivity contribution is 0.174. The van der Waals surface area contributed by atoms with Crippen molar-refractivity contribution in [3.63, 3.8) is 0 Å². The van der Waals surface area contributed by atoms with Crippen LogP contribution in [0.5, 0.6) is 22.4 Å². The Hall–Kier alpha value is -1.50. The van der Waals surface area contributed by atoms with E-state index in [2.05, 4.69) is 4.98 Å². The second-order valence-electron chi connectivity index (χ2n) is 3.47. The monoisotopic (exact) mass is 285 g/mol. The number of ether oxygens (including phenoxy) is 3. The van der Waals surface area contributed by atoms with Crippen molar-refractivity contribution in [1.29, 1.82) is 0 Å². The fourth-order valence-corrected chi connectivity index (χ4v) is 2.48. The molecule has 0 fully saturated rings. The number of thiazole rings is 1. The Morgan fingerprint density at radius 1 is 1.39 bits per heavy atom. The minimum absolute atomic E-state index is 0.152. The van der Waals surface area contributed by atoms with Gasteiger partial charge < -0.3 is 19.3 Å². The maximum absolute atomic E-state index is 9.02. The first-order valence-electron chi connectivity index (χ1n) is 5.10. The molecule has 1 aromatic carbocycles. The van der Waals surface area contributed by atoms with E-state index in [9.17, 15) is 0 Å². The molecule has 2 heterocycles. The molecule has 5 nitrogen and oxygen atoms in total. The van der Waals surface area contributed by atoms with E-state index in [-0.39, 0.29) is 18.6 Å². The molecule has 0 amide bonds. The summed E-state index contributed by atoms with van der Waals surface area (Å²) >= 11 is 7.02. The summed E-state index contributed by atoms with van der Waals surface area (Å²) in [6.07, 6.45) is 0. The third kappa shape index (κ3) is 2.10. The Morgan fingerprint density at radius 3 is 3.00 bits per heavy atom. The number of hydrogen-bond acceptors (Lipinski definition) is 6. The molecule has 1 N–H and O–H groups in total. The van der Waals surface area contributed by atoms with Gasteiger partial charge in [-0.3, -0.25) is 0 Å². The van der Waals surface area contributed by atoms with Gasteiger partial charge in [0.25, 0.3) is 5.19 Å². The summed E-state index contributed by atoms with van der Waals surface area (Å²) in [5, 5.41) is 9.66. The number of halogens is 1. The van der Waals surface area contributed by atoms with E-state index in [1.807, 2.05) is 0 Å². The molecule has 0 atom stereocenters. The molecule has 18 heavy (non-hydrogen) atoms. The van der Waals surface area contributed by atoms with Crippen LogP contribution in [0.25, 0.3) is 0 Å². The van der Waals surface area contributed by atoms with Crippen LogP contribution in [-0.2, 0) is 6.61 Å². The van der Waals surface area contributed by atoms with Gasteiger partial charge >= 0.3 is 0 Å². The van der Waals surface area contributed by atoms with Crippen LogP contribution < -0.4 is 14.2 Å². The molecule has 1 aliphatic heterocycles. The van der Waals surface area contributed by atoms with Crippen LogP contribution in [0, 0.1) is 0 Å². The minimum atomic E-state index is -0.152. The number of hydrogen-bond donors (Lipinski definition) is 1. The summed E-state index contributed by atoms with van der Waals surface area (Å²) in [5.74, 6) is 1.90. The number of nitrogens with zero attached hydrogens (tertiary/aromatic N) is 1. The zero-order chi connectivity index (χ0) is 12.5. The second-order valence-corrected chi connectivity index (χ2v) is 4.87.